The second kappa shape index (κ2) is 5.33. The number of anilines is 1. The second-order valence-electron chi connectivity index (χ2n) is 3.94. The van der Waals surface area contributed by atoms with Gasteiger partial charge in [-0.2, -0.15) is 0 Å². The normalized spacial score (nSPS) is 12.4. The van der Waals surface area contributed by atoms with E-state index in [0.29, 0.717) is 17.8 Å². The molecule has 0 aliphatic carbocycles. The molecular formula is C13H12ClFN2O. The molecule has 0 aliphatic rings. The summed E-state index contributed by atoms with van der Waals surface area (Å²) in [5, 5.41) is 10.0. The molecule has 3 nitrogen and oxygen atoms in total. The Morgan fingerprint density at radius 2 is 2.17 bits per heavy atom. The van der Waals surface area contributed by atoms with E-state index in [1.165, 1.54) is 18.2 Å². The minimum absolute atomic E-state index is 0.00860. The Morgan fingerprint density at radius 3 is 2.83 bits per heavy atom. The summed E-state index contributed by atoms with van der Waals surface area (Å²) >= 11 is 5.67. The number of hydrogen-bond donors (Lipinski definition) is 2. The van der Waals surface area contributed by atoms with Crippen LogP contribution in [0.3, 0.4) is 0 Å². The number of hydrogen-bond acceptors (Lipinski definition) is 3. The standard InChI is InChI=1S/C13H12ClFN2O/c14-10-6-8(3-4-11(10)15)12(18)7-9-2-1-5-17-13(9)16/h1-6,12,18H,7H2,(H2,16,17). The molecule has 3 N–H and O–H groups in total. The number of aliphatic hydroxyl groups excluding tert-OH is 1. The van der Waals surface area contributed by atoms with Crippen LogP contribution in [0.1, 0.15) is 17.2 Å². The zero-order valence-corrected chi connectivity index (χ0v) is 10.2. The number of pyridine rings is 1. The first-order valence-electron chi connectivity index (χ1n) is 5.40. The van der Waals surface area contributed by atoms with Gasteiger partial charge in [0.2, 0.25) is 0 Å². The summed E-state index contributed by atoms with van der Waals surface area (Å²) in [6, 6.07) is 7.67. The molecular weight excluding hydrogens is 255 g/mol. The highest BCUT2D eigenvalue weighted by molar-refractivity contribution is 6.30. The van der Waals surface area contributed by atoms with Crippen molar-refractivity contribution in [3.63, 3.8) is 0 Å². The molecule has 18 heavy (non-hydrogen) atoms. The molecule has 0 saturated carbocycles. The predicted octanol–water partition coefficient (Wildman–Crippen LogP) is 2.73. The van der Waals surface area contributed by atoms with Crippen molar-refractivity contribution in [2.75, 3.05) is 5.73 Å². The van der Waals surface area contributed by atoms with Crippen molar-refractivity contribution in [3.8, 4) is 0 Å². The Bertz CT molecular complexity index is 562. The zero-order chi connectivity index (χ0) is 13.1. The number of nitrogens with two attached hydrogens (primary N) is 1. The third-order valence-corrected chi connectivity index (χ3v) is 2.96. The van der Waals surface area contributed by atoms with E-state index in [1.54, 1.807) is 18.3 Å². The van der Waals surface area contributed by atoms with E-state index in [-0.39, 0.29) is 5.02 Å². The average molecular weight is 267 g/mol. The van der Waals surface area contributed by atoms with E-state index < -0.39 is 11.9 Å². The van der Waals surface area contributed by atoms with Crippen molar-refractivity contribution < 1.29 is 9.50 Å². The predicted molar refractivity (Wildman–Crippen MR) is 68.7 cm³/mol. The van der Waals surface area contributed by atoms with Crippen molar-refractivity contribution >= 4 is 17.4 Å². The molecule has 1 aromatic carbocycles. The van der Waals surface area contributed by atoms with Crippen LogP contribution in [0, 0.1) is 5.82 Å². The van der Waals surface area contributed by atoms with Gasteiger partial charge < -0.3 is 10.8 Å². The van der Waals surface area contributed by atoms with Gasteiger partial charge in [-0.1, -0.05) is 23.7 Å². The Kier molecular flexibility index (Phi) is 3.79. The molecule has 0 aliphatic heterocycles. The van der Waals surface area contributed by atoms with Crippen LogP contribution in [0.4, 0.5) is 10.2 Å². The van der Waals surface area contributed by atoms with Gasteiger partial charge in [0.05, 0.1) is 11.1 Å². The van der Waals surface area contributed by atoms with Crippen molar-refractivity contribution in [1.29, 1.82) is 0 Å². The summed E-state index contributed by atoms with van der Waals surface area (Å²) in [5.41, 5.74) is 6.98. The number of benzene rings is 1. The van der Waals surface area contributed by atoms with E-state index in [9.17, 15) is 9.50 Å². The van der Waals surface area contributed by atoms with E-state index in [0.717, 1.165) is 5.56 Å². The number of nitrogen functional groups attached to an aromatic ring is 1. The molecule has 5 heteroatoms. The van der Waals surface area contributed by atoms with Crippen LogP contribution >= 0.6 is 11.6 Å². The van der Waals surface area contributed by atoms with E-state index >= 15 is 0 Å². The zero-order valence-electron chi connectivity index (χ0n) is 9.48. The third kappa shape index (κ3) is 2.78. The summed E-state index contributed by atoms with van der Waals surface area (Å²) in [6.07, 6.45) is 1.09. The molecule has 2 rings (SSSR count). The van der Waals surface area contributed by atoms with Crippen molar-refractivity contribution in [2.24, 2.45) is 0 Å². The Balaban J connectivity index is 2.19. The largest absolute Gasteiger partial charge is 0.388 e. The van der Waals surface area contributed by atoms with Crippen molar-refractivity contribution in [2.45, 2.75) is 12.5 Å². The number of aliphatic hydroxyl groups is 1. The number of aromatic nitrogens is 1. The third-order valence-electron chi connectivity index (χ3n) is 2.67. The molecule has 0 bridgehead atoms. The van der Waals surface area contributed by atoms with Gasteiger partial charge in [0.25, 0.3) is 0 Å². The van der Waals surface area contributed by atoms with E-state index in [2.05, 4.69) is 4.98 Å². The van der Waals surface area contributed by atoms with Gasteiger partial charge in [-0.05, 0) is 29.3 Å². The molecule has 1 aromatic heterocycles. The van der Waals surface area contributed by atoms with Crippen LogP contribution in [0.15, 0.2) is 36.5 Å². The smallest absolute Gasteiger partial charge is 0.141 e. The van der Waals surface area contributed by atoms with E-state index in [4.69, 9.17) is 17.3 Å². The lowest BCUT2D eigenvalue weighted by atomic mass is 10.0. The van der Waals surface area contributed by atoms with Crippen LogP contribution in [0.25, 0.3) is 0 Å². The first kappa shape index (κ1) is 12.8. The second-order valence-corrected chi connectivity index (χ2v) is 4.35. The van der Waals surface area contributed by atoms with Crippen LogP contribution in [0.2, 0.25) is 5.02 Å². The maximum atomic E-state index is 13.0. The minimum atomic E-state index is -0.797. The Labute approximate surface area is 109 Å². The number of halogens is 2. The molecule has 0 radical (unpaired) electrons. The van der Waals surface area contributed by atoms with Crippen molar-refractivity contribution in [1.82, 2.24) is 4.98 Å². The number of nitrogens with zero attached hydrogens (tertiary/aromatic N) is 1. The first-order chi connectivity index (χ1) is 8.58. The quantitative estimate of drug-likeness (QED) is 0.898. The van der Waals surface area contributed by atoms with Gasteiger partial charge in [0.15, 0.2) is 0 Å². The molecule has 1 heterocycles. The van der Waals surface area contributed by atoms with Gasteiger partial charge in [-0.25, -0.2) is 9.37 Å². The maximum absolute atomic E-state index is 13.0. The van der Waals surface area contributed by atoms with Gasteiger partial charge in [-0.3, -0.25) is 0 Å². The highest BCUT2D eigenvalue weighted by Gasteiger charge is 2.12. The summed E-state index contributed by atoms with van der Waals surface area (Å²) in [6.45, 7) is 0. The molecule has 0 saturated heterocycles. The molecule has 2 aromatic rings. The van der Waals surface area contributed by atoms with Gasteiger partial charge >= 0.3 is 0 Å². The summed E-state index contributed by atoms with van der Waals surface area (Å²) in [7, 11) is 0. The fraction of sp³-hybridized carbons (Fsp3) is 0.154. The molecule has 0 amide bonds. The molecule has 94 valence electrons. The summed E-state index contributed by atoms with van der Waals surface area (Å²) < 4.78 is 13.0. The van der Waals surface area contributed by atoms with Crippen LogP contribution in [-0.4, -0.2) is 10.1 Å². The van der Waals surface area contributed by atoms with Crippen molar-refractivity contribution in [3.05, 3.63) is 58.5 Å². The molecule has 1 unspecified atom stereocenters. The van der Waals surface area contributed by atoms with Gasteiger partial charge in [-0.15, -0.1) is 0 Å². The topological polar surface area (TPSA) is 59.1 Å². The monoisotopic (exact) mass is 266 g/mol. The Morgan fingerprint density at radius 1 is 1.39 bits per heavy atom. The molecule has 0 spiro atoms. The van der Waals surface area contributed by atoms with Crippen LogP contribution in [0.5, 0.6) is 0 Å². The molecule has 0 fully saturated rings. The maximum Gasteiger partial charge on any atom is 0.141 e. The van der Waals surface area contributed by atoms with E-state index in [1.807, 2.05) is 0 Å². The van der Waals surface area contributed by atoms with Crippen LogP contribution in [-0.2, 0) is 6.42 Å². The lowest BCUT2D eigenvalue weighted by Crippen LogP contribution is -2.05. The number of rotatable bonds is 3. The lowest BCUT2D eigenvalue weighted by molar-refractivity contribution is 0.178. The fourth-order valence-corrected chi connectivity index (χ4v) is 1.86. The first-order valence-corrected chi connectivity index (χ1v) is 5.78. The lowest BCUT2D eigenvalue weighted by Gasteiger charge is -2.12. The summed E-state index contributed by atoms with van der Waals surface area (Å²) in [5.74, 6) is -0.127. The Hall–Kier alpha value is -1.65. The SMILES string of the molecule is Nc1ncccc1CC(O)c1ccc(F)c(Cl)c1. The molecule has 1 atom stereocenters. The highest BCUT2D eigenvalue weighted by atomic mass is 35.5. The van der Waals surface area contributed by atoms with Crippen LogP contribution < -0.4 is 5.73 Å². The summed E-state index contributed by atoms with van der Waals surface area (Å²) in [4.78, 5) is 3.94. The highest BCUT2D eigenvalue weighted by Crippen LogP contribution is 2.24. The fourth-order valence-electron chi connectivity index (χ4n) is 1.67. The average Bonchev–Trinajstić information content (AvgIpc) is 2.35. The minimum Gasteiger partial charge on any atom is -0.388 e. The van der Waals surface area contributed by atoms with Gasteiger partial charge in [0, 0.05) is 12.6 Å². The van der Waals surface area contributed by atoms with Gasteiger partial charge in [0.1, 0.15) is 11.6 Å².